The first-order chi connectivity index (χ1) is 13.6. The summed E-state index contributed by atoms with van der Waals surface area (Å²) >= 11 is 0. The van der Waals surface area contributed by atoms with Gasteiger partial charge in [0.15, 0.2) is 0 Å². The zero-order valence-electron chi connectivity index (χ0n) is 16.0. The average Bonchev–Trinajstić information content (AvgIpc) is 3.20. The molecule has 0 aliphatic carbocycles. The second-order valence-corrected chi connectivity index (χ2v) is 6.28. The standard InChI is InChI=1S/C21H23N3O4/c1-15-5-9-18(10-6-15)27-13-3-4-19(25)22-14-20-23-21(24-28-20)16-7-11-17(26-2)12-8-16/h5-12H,3-4,13-14H2,1-2H3,(H,22,25). The number of rotatable bonds is 9. The Labute approximate surface area is 163 Å². The van der Waals surface area contributed by atoms with E-state index in [2.05, 4.69) is 15.5 Å². The molecule has 7 heteroatoms. The summed E-state index contributed by atoms with van der Waals surface area (Å²) in [6, 6.07) is 15.2. The summed E-state index contributed by atoms with van der Waals surface area (Å²) < 4.78 is 15.9. The van der Waals surface area contributed by atoms with Gasteiger partial charge in [0, 0.05) is 12.0 Å². The third-order valence-corrected chi connectivity index (χ3v) is 4.09. The summed E-state index contributed by atoms with van der Waals surface area (Å²) in [7, 11) is 1.61. The van der Waals surface area contributed by atoms with Crippen LogP contribution >= 0.6 is 0 Å². The van der Waals surface area contributed by atoms with E-state index >= 15 is 0 Å². The van der Waals surface area contributed by atoms with Gasteiger partial charge < -0.3 is 19.3 Å². The van der Waals surface area contributed by atoms with Crippen molar-refractivity contribution < 1.29 is 18.8 Å². The maximum absolute atomic E-state index is 11.9. The van der Waals surface area contributed by atoms with E-state index in [4.69, 9.17) is 14.0 Å². The van der Waals surface area contributed by atoms with Crippen LogP contribution in [0.1, 0.15) is 24.3 Å². The van der Waals surface area contributed by atoms with E-state index < -0.39 is 0 Å². The minimum atomic E-state index is -0.0864. The van der Waals surface area contributed by atoms with E-state index in [0.29, 0.717) is 31.2 Å². The molecule has 1 aromatic heterocycles. The van der Waals surface area contributed by atoms with Crippen molar-refractivity contribution in [3.63, 3.8) is 0 Å². The number of amides is 1. The molecule has 3 aromatic rings. The number of methoxy groups -OCH3 is 1. The molecular weight excluding hydrogens is 358 g/mol. The smallest absolute Gasteiger partial charge is 0.246 e. The lowest BCUT2D eigenvalue weighted by atomic mass is 10.2. The highest BCUT2D eigenvalue weighted by Gasteiger charge is 2.10. The third-order valence-electron chi connectivity index (χ3n) is 4.09. The molecule has 0 atom stereocenters. The van der Waals surface area contributed by atoms with Gasteiger partial charge in [-0.25, -0.2) is 0 Å². The zero-order valence-corrected chi connectivity index (χ0v) is 16.0. The Balaban J connectivity index is 1.38. The lowest BCUT2D eigenvalue weighted by Gasteiger charge is -2.06. The largest absolute Gasteiger partial charge is 0.497 e. The number of hydrogen-bond acceptors (Lipinski definition) is 6. The number of ether oxygens (including phenoxy) is 2. The molecule has 0 bridgehead atoms. The molecule has 1 heterocycles. The molecule has 1 N–H and O–H groups in total. The topological polar surface area (TPSA) is 86.5 Å². The molecule has 3 rings (SSSR count). The summed E-state index contributed by atoms with van der Waals surface area (Å²) in [6.45, 7) is 2.71. The number of benzene rings is 2. The van der Waals surface area contributed by atoms with Crippen molar-refractivity contribution in [2.45, 2.75) is 26.3 Å². The van der Waals surface area contributed by atoms with Crippen LogP contribution in [0.4, 0.5) is 0 Å². The Morgan fingerprint density at radius 1 is 1.07 bits per heavy atom. The van der Waals surface area contributed by atoms with Gasteiger partial charge in [-0.2, -0.15) is 4.98 Å². The fraction of sp³-hybridized carbons (Fsp3) is 0.286. The number of carbonyl (C=O) groups is 1. The number of aryl methyl sites for hydroxylation is 1. The van der Waals surface area contributed by atoms with Gasteiger partial charge in [-0.15, -0.1) is 0 Å². The van der Waals surface area contributed by atoms with Crippen LogP contribution in [-0.4, -0.2) is 29.8 Å². The minimum absolute atomic E-state index is 0.0864. The van der Waals surface area contributed by atoms with Crippen molar-refractivity contribution in [3.8, 4) is 22.9 Å². The van der Waals surface area contributed by atoms with Gasteiger partial charge in [0.1, 0.15) is 11.5 Å². The summed E-state index contributed by atoms with van der Waals surface area (Å²) in [5.74, 6) is 2.30. The van der Waals surface area contributed by atoms with Crippen molar-refractivity contribution in [1.29, 1.82) is 0 Å². The Morgan fingerprint density at radius 3 is 2.50 bits per heavy atom. The maximum atomic E-state index is 11.9. The van der Waals surface area contributed by atoms with Crippen molar-refractivity contribution in [1.82, 2.24) is 15.5 Å². The lowest BCUT2D eigenvalue weighted by Crippen LogP contribution is -2.23. The fourth-order valence-corrected chi connectivity index (χ4v) is 2.50. The first-order valence-corrected chi connectivity index (χ1v) is 9.07. The van der Waals surface area contributed by atoms with Crippen LogP contribution in [0.3, 0.4) is 0 Å². The van der Waals surface area contributed by atoms with Crippen molar-refractivity contribution in [2.24, 2.45) is 0 Å². The summed E-state index contributed by atoms with van der Waals surface area (Å²) in [5.41, 5.74) is 2.00. The second-order valence-electron chi connectivity index (χ2n) is 6.28. The Morgan fingerprint density at radius 2 is 1.79 bits per heavy atom. The molecule has 28 heavy (non-hydrogen) atoms. The lowest BCUT2D eigenvalue weighted by molar-refractivity contribution is -0.121. The van der Waals surface area contributed by atoms with Gasteiger partial charge >= 0.3 is 0 Å². The van der Waals surface area contributed by atoms with Gasteiger partial charge in [0.05, 0.1) is 20.3 Å². The Bertz CT molecular complexity index is 889. The molecule has 0 unspecified atom stereocenters. The SMILES string of the molecule is COc1ccc(-c2noc(CNC(=O)CCCOc3ccc(C)cc3)n2)cc1. The van der Waals surface area contributed by atoms with Crippen molar-refractivity contribution >= 4 is 5.91 Å². The molecule has 7 nitrogen and oxygen atoms in total. The van der Waals surface area contributed by atoms with Crippen LogP contribution in [0.25, 0.3) is 11.4 Å². The molecule has 2 aromatic carbocycles. The zero-order chi connectivity index (χ0) is 19.8. The maximum Gasteiger partial charge on any atom is 0.246 e. The normalized spacial score (nSPS) is 10.5. The summed E-state index contributed by atoms with van der Waals surface area (Å²) in [5, 5.41) is 6.71. The predicted octanol–water partition coefficient (Wildman–Crippen LogP) is 3.53. The number of nitrogens with one attached hydrogen (secondary N) is 1. The molecule has 0 spiro atoms. The number of aromatic nitrogens is 2. The number of carbonyl (C=O) groups excluding carboxylic acids is 1. The molecule has 0 radical (unpaired) electrons. The monoisotopic (exact) mass is 381 g/mol. The van der Waals surface area contributed by atoms with Crippen LogP contribution in [0, 0.1) is 6.92 Å². The van der Waals surface area contributed by atoms with Gasteiger partial charge in [-0.1, -0.05) is 22.9 Å². The van der Waals surface area contributed by atoms with E-state index in [9.17, 15) is 4.79 Å². The fourth-order valence-electron chi connectivity index (χ4n) is 2.50. The predicted molar refractivity (Wildman–Crippen MR) is 104 cm³/mol. The van der Waals surface area contributed by atoms with Crippen LogP contribution in [-0.2, 0) is 11.3 Å². The molecule has 0 aliphatic heterocycles. The average molecular weight is 381 g/mol. The van der Waals surface area contributed by atoms with Gasteiger partial charge in [0.2, 0.25) is 17.6 Å². The van der Waals surface area contributed by atoms with E-state index in [1.54, 1.807) is 7.11 Å². The van der Waals surface area contributed by atoms with Crippen molar-refractivity contribution in [2.75, 3.05) is 13.7 Å². The van der Waals surface area contributed by atoms with E-state index in [1.807, 2.05) is 55.5 Å². The van der Waals surface area contributed by atoms with Crippen LogP contribution in [0.2, 0.25) is 0 Å². The highest BCUT2D eigenvalue weighted by atomic mass is 16.5. The summed E-state index contributed by atoms with van der Waals surface area (Å²) in [6.07, 6.45) is 0.992. The second kappa shape index (κ2) is 9.55. The van der Waals surface area contributed by atoms with Gasteiger partial charge in [-0.3, -0.25) is 4.79 Å². The molecule has 0 saturated heterocycles. The van der Waals surface area contributed by atoms with Gasteiger partial charge in [-0.05, 0) is 49.7 Å². The molecule has 146 valence electrons. The molecule has 0 fully saturated rings. The quantitative estimate of drug-likeness (QED) is 0.571. The highest BCUT2D eigenvalue weighted by molar-refractivity contribution is 5.75. The first kappa shape index (κ1) is 19.4. The molecular formula is C21H23N3O4. The summed E-state index contributed by atoms with van der Waals surface area (Å²) in [4.78, 5) is 16.2. The Kier molecular flexibility index (Phi) is 6.62. The van der Waals surface area contributed by atoms with Crippen LogP contribution in [0.5, 0.6) is 11.5 Å². The van der Waals surface area contributed by atoms with E-state index in [-0.39, 0.29) is 12.5 Å². The third kappa shape index (κ3) is 5.57. The number of hydrogen-bond donors (Lipinski definition) is 1. The molecule has 0 saturated carbocycles. The van der Waals surface area contributed by atoms with Crippen LogP contribution < -0.4 is 14.8 Å². The molecule has 0 aliphatic rings. The van der Waals surface area contributed by atoms with E-state index in [1.165, 1.54) is 5.56 Å². The van der Waals surface area contributed by atoms with Gasteiger partial charge in [0.25, 0.3) is 0 Å². The molecule has 1 amide bonds. The van der Waals surface area contributed by atoms with Crippen LogP contribution in [0.15, 0.2) is 53.1 Å². The minimum Gasteiger partial charge on any atom is -0.497 e. The highest BCUT2D eigenvalue weighted by Crippen LogP contribution is 2.19. The van der Waals surface area contributed by atoms with Crippen molar-refractivity contribution in [3.05, 3.63) is 60.0 Å². The van der Waals surface area contributed by atoms with E-state index in [0.717, 1.165) is 17.1 Å². The number of nitrogens with zero attached hydrogens (tertiary/aromatic N) is 2. The first-order valence-electron chi connectivity index (χ1n) is 9.07. The Hall–Kier alpha value is -3.35.